The van der Waals surface area contributed by atoms with Gasteiger partial charge in [0.15, 0.2) is 0 Å². The number of nitrogens with zero attached hydrogens (tertiary/aromatic N) is 1. The van der Waals surface area contributed by atoms with Crippen molar-refractivity contribution in [2.24, 2.45) is 0 Å². The first-order chi connectivity index (χ1) is 9.03. The molecule has 0 radical (unpaired) electrons. The number of hydrogen-bond donors (Lipinski definition) is 2. The highest BCUT2D eigenvalue weighted by Crippen LogP contribution is 2.18. The van der Waals surface area contributed by atoms with Crippen molar-refractivity contribution in [1.29, 1.82) is 0 Å². The number of anilines is 2. The fourth-order valence-corrected chi connectivity index (χ4v) is 2.45. The quantitative estimate of drug-likeness (QED) is 0.900. The van der Waals surface area contributed by atoms with Crippen LogP contribution >= 0.6 is 0 Å². The molecule has 0 aliphatic carbocycles. The summed E-state index contributed by atoms with van der Waals surface area (Å²) in [5.74, 6) is -0.0873. The van der Waals surface area contributed by atoms with E-state index in [1.54, 1.807) is 13.1 Å². The maximum Gasteiger partial charge on any atom is 0.263 e. The average molecular weight is 281 g/mol. The Hall–Kier alpha value is -2.15. The van der Waals surface area contributed by atoms with Crippen LogP contribution in [0.5, 0.6) is 0 Å². The van der Waals surface area contributed by atoms with Crippen molar-refractivity contribution in [2.45, 2.75) is 4.90 Å². The molecule has 1 aromatic carbocycles. The average Bonchev–Trinajstić information content (AvgIpc) is 2.41. The van der Waals surface area contributed by atoms with Gasteiger partial charge in [-0.3, -0.25) is 4.72 Å². The topological polar surface area (TPSA) is 71.1 Å². The van der Waals surface area contributed by atoms with Crippen molar-refractivity contribution in [2.75, 3.05) is 17.1 Å². The monoisotopic (exact) mass is 281 g/mol. The van der Waals surface area contributed by atoms with Crippen LogP contribution in [0.25, 0.3) is 0 Å². The van der Waals surface area contributed by atoms with Crippen LogP contribution in [0.3, 0.4) is 0 Å². The molecular weight excluding hydrogens is 269 g/mol. The molecule has 2 aromatic rings. The Kier molecular flexibility index (Phi) is 3.66. The van der Waals surface area contributed by atoms with Gasteiger partial charge in [-0.25, -0.2) is 17.8 Å². The Labute approximate surface area is 110 Å². The second kappa shape index (κ2) is 5.23. The zero-order valence-corrected chi connectivity index (χ0v) is 10.9. The van der Waals surface area contributed by atoms with E-state index < -0.39 is 15.8 Å². The van der Waals surface area contributed by atoms with Crippen molar-refractivity contribution in [1.82, 2.24) is 4.98 Å². The third kappa shape index (κ3) is 3.00. The van der Waals surface area contributed by atoms with Crippen LogP contribution in [0.2, 0.25) is 0 Å². The van der Waals surface area contributed by atoms with Gasteiger partial charge in [-0.1, -0.05) is 12.1 Å². The lowest BCUT2D eigenvalue weighted by atomic mass is 10.3. The molecule has 0 spiro atoms. The Morgan fingerprint density at radius 2 is 1.89 bits per heavy atom. The van der Waals surface area contributed by atoms with Crippen LogP contribution in [0, 0.1) is 5.82 Å². The molecule has 0 aliphatic heterocycles. The van der Waals surface area contributed by atoms with Gasteiger partial charge < -0.3 is 5.32 Å². The van der Waals surface area contributed by atoms with Gasteiger partial charge in [-0.2, -0.15) is 0 Å². The van der Waals surface area contributed by atoms with E-state index in [-0.39, 0.29) is 10.6 Å². The minimum absolute atomic E-state index is 0.0326. The van der Waals surface area contributed by atoms with Gasteiger partial charge >= 0.3 is 0 Å². The molecule has 0 amide bonds. The molecule has 100 valence electrons. The summed E-state index contributed by atoms with van der Waals surface area (Å²) in [7, 11) is -2.17. The number of nitrogens with one attached hydrogen (secondary N) is 2. The number of para-hydroxylation sites is 1. The van der Waals surface area contributed by atoms with Crippen LogP contribution in [0.15, 0.2) is 47.5 Å². The van der Waals surface area contributed by atoms with Crippen molar-refractivity contribution in [3.63, 3.8) is 0 Å². The number of sulfonamides is 1. The number of pyridine rings is 1. The van der Waals surface area contributed by atoms with E-state index in [1.807, 2.05) is 0 Å². The second-order valence-electron chi connectivity index (χ2n) is 3.71. The van der Waals surface area contributed by atoms with Crippen LogP contribution in [0.4, 0.5) is 15.9 Å². The van der Waals surface area contributed by atoms with Gasteiger partial charge in [0.05, 0.1) is 5.69 Å². The summed E-state index contributed by atoms with van der Waals surface area (Å²) in [6, 6.07) is 8.47. The van der Waals surface area contributed by atoms with Crippen LogP contribution in [-0.4, -0.2) is 20.4 Å². The van der Waals surface area contributed by atoms with E-state index in [9.17, 15) is 12.8 Å². The fraction of sp³-hybridized carbons (Fsp3) is 0.0833. The molecule has 2 N–H and O–H groups in total. The molecular formula is C12H12FN3O2S. The first kappa shape index (κ1) is 13.3. The van der Waals surface area contributed by atoms with E-state index in [0.717, 1.165) is 0 Å². The zero-order chi connectivity index (χ0) is 13.9. The molecule has 0 atom stereocenters. The van der Waals surface area contributed by atoms with Gasteiger partial charge in [-0.15, -0.1) is 0 Å². The number of halogens is 1. The molecule has 0 saturated carbocycles. The van der Waals surface area contributed by atoms with E-state index in [2.05, 4.69) is 15.0 Å². The maximum atomic E-state index is 13.4. The summed E-state index contributed by atoms with van der Waals surface area (Å²) < 4.78 is 39.6. The van der Waals surface area contributed by atoms with Gasteiger partial charge in [0.2, 0.25) is 0 Å². The Bertz CT molecular complexity index is 672. The standard InChI is InChI=1S/C12H12FN3O2S/c1-14-12-7-6-9(8-15-12)19(17,18)16-11-5-3-2-4-10(11)13/h2-8,16H,1H3,(H,14,15). The lowest BCUT2D eigenvalue weighted by Gasteiger charge is -2.08. The van der Waals surface area contributed by atoms with Gasteiger partial charge in [0.1, 0.15) is 16.5 Å². The Morgan fingerprint density at radius 3 is 2.47 bits per heavy atom. The minimum Gasteiger partial charge on any atom is -0.373 e. The van der Waals surface area contributed by atoms with Crippen molar-refractivity contribution >= 4 is 21.5 Å². The van der Waals surface area contributed by atoms with Crippen LogP contribution in [0.1, 0.15) is 0 Å². The molecule has 0 fully saturated rings. The smallest absolute Gasteiger partial charge is 0.263 e. The van der Waals surface area contributed by atoms with E-state index in [4.69, 9.17) is 0 Å². The third-order valence-corrected chi connectivity index (χ3v) is 3.77. The third-order valence-electron chi connectivity index (χ3n) is 2.42. The molecule has 0 unspecified atom stereocenters. The van der Waals surface area contributed by atoms with Gasteiger partial charge in [0, 0.05) is 13.2 Å². The number of aromatic nitrogens is 1. The molecule has 19 heavy (non-hydrogen) atoms. The molecule has 0 aliphatic rings. The minimum atomic E-state index is -3.84. The van der Waals surface area contributed by atoms with Crippen molar-refractivity contribution in [3.8, 4) is 0 Å². The molecule has 1 heterocycles. The number of benzene rings is 1. The van der Waals surface area contributed by atoms with E-state index in [1.165, 1.54) is 36.5 Å². The van der Waals surface area contributed by atoms with Crippen molar-refractivity contribution < 1.29 is 12.8 Å². The van der Waals surface area contributed by atoms with E-state index >= 15 is 0 Å². The largest absolute Gasteiger partial charge is 0.373 e. The molecule has 7 heteroatoms. The first-order valence-electron chi connectivity index (χ1n) is 5.44. The molecule has 0 bridgehead atoms. The first-order valence-corrected chi connectivity index (χ1v) is 6.92. The summed E-state index contributed by atoms with van der Waals surface area (Å²) >= 11 is 0. The summed E-state index contributed by atoms with van der Waals surface area (Å²) in [4.78, 5) is 3.87. The summed E-state index contributed by atoms with van der Waals surface area (Å²) in [5.41, 5.74) is -0.0970. The predicted molar refractivity (Wildman–Crippen MR) is 71.0 cm³/mol. The molecule has 0 saturated heterocycles. The lowest BCUT2D eigenvalue weighted by molar-refractivity contribution is 0.598. The van der Waals surface area contributed by atoms with E-state index in [0.29, 0.717) is 5.82 Å². The number of hydrogen-bond acceptors (Lipinski definition) is 4. The molecule has 5 nitrogen and oxygen atoms in total. The SMILES string of the molecule is CNc1ccc(S(=O)(=O)Nc2ccccc2F)cn1. The van der Waals surface area contributed by atoms with Gasteiger partial charge in [-0.05, 0) is 24.3 Å². The Morgan fingerprint density at radius 1 is 1.16 bits per heavy atom. The number of rotatable bonds is 4. The molecule has 1 aromatic heterocycles. The fourth-order valence-electron chi connectivity index (χ4n) is 1.43. The van der Waals surface area contributed by atoms with Crippen LogP contribution in [-0.2, 0) is 10.0 Å². The predicted octanol–water partition coefficient (Wildman–Crippen LogP) is 2.06. The summed E-state index contributed by atoms with van der Waals surface area (Å²) in [6.07, 6.45) is 1.20. The lowest BCUT2D eigenvalue weighted by Crippen LogP contribution is -2.14. The normalized spacial score (nSPS) is 11.1. The maximum absolute atomic E-state index is 13.4. The summed E-state index contributed by atoms with van der Waals surface area (Å²) in [6.45, 7) is 0. The van der Waals surface area contributed by atoms with Crippen LogP contribution < -0.4 is 10.0 Å². The summed E-state index contributed by atoms with van der Waals surface area (Å²) in [5, 5.41) is 2.78. The van der Waals surface area contributed by atoms with Crippen molar-refractivity contribution in [3.05, 3.63) is 48.4 Å². The highest BCUT2D eigenvalue weighted by atomic mass is 32.2. The Balaban J connectivity index is 2.30. The van der Waals surface area contributed by atoms with Gasteiger partial charge in [0.25, 0.3) is 10.0 Å². The molecule has 2 rings (SSSR count). The second-order valence-corrected chi connectivity index (χ2v) is 5.40. The highest BCUT2D eigenvalue weighted by molar-refractivity contribution is 7.92. The highest BCUT2D eigenvalue weighted by Gasteiger charge is 2.16. The zero-order valence-electron chi connectivity index (χ0n) is 10.1.